The van der Waals surface area contributed by atoms with Gasteiger partial charge in [-0.15, -0.1) is 0 Å². The number of carbonyl (C=O) groups is 3. The molecule has 1 saturated carbocycles. The second kappa shape index (κ2) is 5.19. The summed E-state index contributed by atoms with van der Waals surface area (Å²) in [6, 6.07) is -0.960. The van der Waals surface area contributed by atoms with E-state index in [0.717, 1.165) is 0 Å². The molecule has 0 aromatic rings. The first-order valence-corrected chi connectivity index (χ1v) is 6.35. The highest BCUT2D eigenvalue weighted by molar-refractivity contribution is 5.93. The maximum absolute atomic E-state index is 12.0. The Hall–Kier alpha value is -1.59. The fraction of sp³-hybridized carbons (Fsp3) is 0.769. The first kappa shape index (κ1) is 15.5. The highest BCUT2D eigenvalue weighted by Crippen LogP contribution is 2.58. The average molecular weight is 271 g/mol. The smallest absolute Gasteiger partial charge is 0.326 e. The Morgan fingerprint density at radius 2 is 1.68 bits per heavy atom. The lowest BCUT2D eigenvalue weighted by atomic mass is 10.0. The normalized spacial score (nSPS) is 25.7. The van der Waals surface area contributed by atoms with Crippen LogP contribution in [-0.2, 0) is 14.4 Å². The summed E-state index contributed by atoms with van der Waals surface area (Å²) in [7, 11) is 0. The van der Waals surface area contributed by atoms with E-state index in [1.165, 1.54) is 0 Å². The Morgan fingerprint density at radius 1 is 1.16 bits per heavy atom. The third-order valence-electron chi connectivity index (χ3n) is 3.70. The third-order valence-corrected chi connectivity index (χ3v) is 3.70. The van der Waals surface area contributed by atoms with Gasteiger partial charge in [0.05, 0.1) is 11.8 Å². The minimum Gasteiger partial charge on any atom is -0.481 e. The van der Waals surface area contributed by atoms with E-state index in [0.29, 0.717) is 6.42 Å². The molecule has 0 aromatic heterocycles. The van der Waals surface area contributed by atoms with Gasteiger partial charge in [0.2, 0.25) is 5.91 Å². The van der Waals surface area contributed by atoms with Crippen molar-refractivity contribution in [3.63, 3.8) is 0 Å². The quantitative estimate of drug-likeness (QED) is 0.667. The van der Waals surface area contributed by atoms with Crippen molar-refractivity contribution in [2.45, 2.75) is 40.2 Å². The Morgan fingerprint density at radius 3 is 2.00 bits per heavy atom. The molecule has 1 aliphatic rings. The SMILES string of the molecule is CC(C)CC(NC(=O)[C@@H]1[C@H](C(=O)O)C1(C)C)C(=O)O. The zero-order valence-corrected chi connectivity index (χ0v) is 11.6. The zero-order chi connectivity index (χ0) is 15.0. The van der Waals surface area contributed by atoms with E-state index >= 15 is 0 Å². The largest absolute Gasteiger partial charge is 0.481 e. The molecular formula is C13H21NO5. The van der Waals surface area contributed by atoms with Gasteiger partial charge < -0.3 is 15.5 Å². The topological polar surface area (TPSA) is 104 Å². The van der Waals surface area contributed by atoms with Gasteiger partial charge >= 0.3 is 11.9 Å². The zero-order valence-electron chi connectivity index (χ0n) is 11.6. The van der Waals surface area contributed by atoms with E-state index in [1.807, 2.05) is 13.8 Å². The summed E-state index contributed by atoms with van der Waals surface area (Å²) >= 11 is 0. The second-order valence-electron chi connectivity index (χ2n) is 6.14. The van der Waals surface area contributed by atoms with Gasteiger partial charge in [-0.25, -0.2) is 4.79 Å². The van der Waals surface area contributed by atoms with Gasteiger partial charge in [-0.3, -0.25) is 9.59 Å². The van der Waals surface area contributed by atoms with Crippen LogP contribution >= 0.6 is 0 Å². The van der Waals surface area contributed by atoms with Crippen molar-refractivity contribution in [2.24, 2.45) is 23.2 Å². The van der Waals surface area contributed by atoms with Gasteiger partial charge in [0, 0.05) is 0 Å². The Labute approximate surface area is 112 Å². The van der Waals surface area contributed by atoms with E-state index in [4.69, 9.17) is 10.2 Å². The number of hydrogen-bond acceptors (Lipinski definition) is 3. The summed E-state index contributed by atoms with van der Waals surface area (Å²) in [6.07, 6.45) is 0.325. The van der Waals surface area contributed by atoms with Gasteiger partial charge in [-0.2, -0.15) is 0 Å². The Kier molecular flexibility index (Phi) is 4.22. The first-order chi connectivity index (χ1) is 8.59. The summed E-state index contributed by atoms with van der Waals surface area (Å²) in [4.78, 5) is 34.0. The lowest BCUT2D eigenvalue weighted by Crippen LogP contribution is -2.43. The van der Waals surface area contributed by atoms with Crippen LogP contribution in [0.15, 0.2) is 0 Å². The summed E-state index contributed by atoms with van der Waals surface area (Å²) in [5, 5.41) is 20.5. The second-order valence-corrected chi connectivity index (χ2v) is 6.14. The lowest BCUT2D eigenvalue weighted by Gasteiger charge is -2.16. The van der Waals surface area contributed by atoms with E-state index in [-0.39, 0.29) is 5.92 Å². The Bertz CT molecular complexity index is 402. The predicted molar refractivity (Wildman–Crippen MR) is 67.4 cm³/mol. The molecule has 3 N–H and O–H groups in total. The van der Waals surface area contributed by atoms with Crippen molar-refractivity contribution in [1.29, 1.82) is 0 Å². The van der Waals surface area contributed by atoms with Crippen LogP contribution in [0, 0.1) is 23.2 Å². The number of amides is 1. The fourth-order valence-corrected chi connectivity index (χ4v) is 2.54. The van der Waals surface area contributed by atoms with Crippen LogP contribution in [0.5, 0.6) is 0 Å². The molecule has 1 aliphatic carbocycles. The minimum absolute atomic E-state index is 0.129. The van der Waals surface area contributed by atoms with Gasteiger partial charge in [0.15, 0.2) is 0 Å². The van der Waals surface area contributed by atoms with E-state index in [2.05, 4.69) is 5.32 Å². The molecule has 6 nitrogen and oxygen atoms in total. The molecule has 108 valence electrons. The van der Waals surface area contributed by atoms with Crippen molar-refractivity contribution >= 4 is 17.8 Å². The number of carboxylic acids is 2. The van der Waals surface area contributed by atoms with Crippen LogP contribution in [0.25, 0.3) is 0 Å². The molecule has 0 heterocycles. The fourth-order valence-electron chi connectivity index (χ4n) is 2.54. The van der Waals surface area contributed by atoms with Crippen LogP contribution < -0.4 is 5.32 Å². The number of aliphatic carboxylic acids is 2. The van der Waals surface area contributed by atoms with E-state index in [1.54, 1.807) is 13.8 Å². The molecule has 0 radical (unpaired) electrons. The van der Waals surface area contributed by atoms with Crippen molar-refractivity contribution in [2.75, 3.05) is 0 Å². The minimum atomic E-state index is -1.09. The maximum Gasteiger partial charge on any atom is 0.326 e. The molecule has 1 rings (SSSR count). The van der Waals surface area contributed by atoms with Crippen LogP contribution in [-0.4, -0.2) is 34.1 Å². The molecule has 1 fully saturated rings. The van der Waals surface area contributed by atoms with Gasteiger partial charge in [-0.1, -0.05) is 27.7 Å². The molecular weight excluding hydrogens is 250 g/mol. The molecule has 1 unspecified atom stereocenters. The predicted octanol–water partition coefficient (Wildman–Crippen LogP) is 0.959. The number of carbonyl (C=O) groups excluding carboxylic acids is 1. The van der Waals surface area contributed by atoms with Crippen molar-refractivity contribution in [3.8, 4) is 0 Å². The van der Waals surface area contributed by atoms with Crippen LogP contribution in [0.3, 0.4) is 0 Å². The van der Waals surface area contributed by atoms with Crippen LogP contribution in [0.2, 0.25) is 0 Å². The van der Waals surface area contributed by atoms with Crippen molar-refractivity contribution in [3.05, 3.63) is 0 Å². The lowest BCUT2D eigenvalue weighted by molar-refractivity contribution is -0.143. The van der Waals surface area contributed by atoms with Gasteiger partial charge in [0.1, 0.15) is 6.04 Å². The summed E-state index contributed by atoms with van der Waals surface area (Å²) in [6.45, 7) is 7.13. The molecule has 19 heavy (non-hydrogen) atoms. The number of rotatable bonds is 6. The standard InChI is InChI=1S/C13H21NO5/c1-6(2)5-7(11(16)17)14-10(15)8-9(12(18)19)13(8,3)4/h6-9H,5H2,1-4H3,(H,14,15)(H,16,17)(H,18,19)/t7?,8-,9+/m0/s1. The van der Waals surface area contributed by atoms with Crippen molar-refractivity contribution < 1.29 is 24.6 Å². The van der Waals surface area contributed by atoms with Gasteiger partial charge in [0.25, 0.3) is 0 Å². The molecule has 1 amide bonds. The van der Waals surface area contributed by atoms with Crippen LogP contribution in [0.4, 0.5) is 0 Å². The summed E-state index contributed by atoms with van der Waals surface area (Å²) in [5.74, 6) is -3.84. The van der Waals surface area contributed by atoms with Gasteiger partial charge in [-0.05, 0) is 17.8 Å². The Balaban J connectivity index is 2.69. The molecule has 0 aliphatic heterocycles. The van der Waals surface area contributed by atoms with E-state index in [9.17, 15) is 14.4 Å². The molecule has 0 aromatic carbocycles. The highest BCUT2D eigenvalue weighted by atomic mass is 16.4. The summed E-state index contributed by atoms with van der Waals surface area (Å²) in [5.41, 5.74) is -0.614. The number of carboxylic acid groups (broad SMARTS) is 2. The number of nitrogens with one attached hydrogen (secondary N) is 1. The molecule has 0 saturated heterocycles. The third kappa shape index (κ3) is 3.24. The van der Waals surface area contributed by atoms with Crippen molar-refractivity contribution in [1.82, 2.24) is 5.32 Å². The van der Waals surface area contributed by atoms with Crippen LogP contribution in [0.1, 0.15) is 34.1 Å². The average Bonchev–Trinajstić information content (AvgIpc) is 2.79. The first-order valence-electron chi connectivity index (χ1n) is 6.35. The number of hydrogen-bond donors (Lipinski definition) is 3. The maximum atomic E-state index is 12.0. The van der Waals surface area contributed by atoms with E-state index < -0.39 is 41.1 Å². The molecule has 0 spiro atoms. The molecule has 3 atom stereocenters. The molecule has 6 heteroatoms. The highest BCUT2D eigenvalue weighted by Gasteiger charge is 2.66. The molecule has 0 bridgehead atoms. The summed E-state index contributed by atoms with van der Waals surface area (Å²) < 4.78 is 0. The monoisotopic (exact) mass is 271 g/mol.